The molecule has 0 unspecified atom stereocenters. The van der Waals surface area contributed by atoms with Gasteiger partial charge in [-0.1, -0.05) is 46.3 Å². The summed E-state index contributed by atoms with van der Waals surface area (Å²) in [7, 11) is 0. The lowest BCUT2D eigenvalue weighted by molar-refractivity contribution is 0.572. The summed E-state index contributed by atoms with van der Waals surface area (Å²) in [6.45, 7) is 0. The Labute approximate surface area is 162 Å². The molecule has 0 amide bonds. The number of aromatic amines is 1. The first-order chi connectivity index (χ1) is 13.1. The van der Waals surface area contributed by atoms with E-state index in [0.717, 1.165) is 10.0 Å². The van der Waals surface area contributed by atoms with Gasteiger partial charge in [-0.15, -0.1) is 0 Å². The van der Waals surface area contributed by atoms with E-state index in [9.17, 15) is 10.1 Å². The van der Waals surface area contributed by atoms with Crippen LogP contribution >= 0.6 is 15.9 Å². The van der Waals surface area contributed by atoms with Crippen LogP contribution in [0.1, 0.15) is 11.6 Å². The third-order valence-corrected chi connectivity index (χ3v) is 4.51. The number of allylic oxidation sites excluding steroid dienone is 1. The highest BCUT2D eigenvalue weighted by atomic mass is 79.9. The number of rotatable bonds is 3. The van der Waals surface area contributed by atoms with Gasteiger partial charge in [0.2, 0.25) is 0 Å². The van der Waals surface area contributed by atoms with Gasteiger partial charge in [-0.05, 0) is 30.3 Å². The van der Waals surface area contributed by atoms with Crippen molar-refractivity contribution in [2.75, 3.05) is 0 Å². The molecular weight excluding hydrogens is 406 g/mol. The lowest BCUT2D eigenvalue weighted by Crippen LogP contribution is -2.11. The number of hydrogen-bond acceptors (Lipinski definition) is 4. The molecule has 0 fully saturated rings. The van der Waals surface area contributed by atoms with Crippen molar-refractivity contribution in [1.82, 2.24) is 9.97 Å². The smallest absolute Gasteiger partial charge is 0.259 e. The second-order valence-electron chi connectivity index (χ2n) is 5.81. The average molecular weight is 418 g/mol. The van der Waals surface area contributed by atoms with Gasteiger partial charge >= 0.3 is 0 Å². The molecule has 0 bridgehead atoms. The van der Waals surface area contributed by atoms with Gasteiger partial charge in [0.15, 0.2) is 5.82 Å². The Kier molecular flexibility index (Phi) is 4.45. The fourth-order valence-corrected chi connectivity index (χ4v) is 3.08. The van der Waals surface area contributed by atoms with Crippen molar-refractivity contribution in [3.8, 4) is 17.4 Å². The molecule has 0 aliphatic rings. The number of nitrogens with zero attached hydrogens (tertiary/aromatic N) is 2. The first kappa shape index (κ1) is 17.0. The van der Waals surface area contributed by atoms with Crippen LogP contribution in [0.5, 0.6) is 0 Å². The maximum Gasteiger partial charge on any atom is 0.259 e. The molecule has 2 aromatic heterocycles. The van der Waals surface area contributed by atoms with E-state index in [1.807, 2.05) is 36.4 Å². The van der Waals surface area contributed by atoms with Gasteiger partial charge in [0.25, 0.3) is 5.56 Å². The molecule has 0 aliphatic carbocycles. The summed E-state index contributed by atoms with van der Waals surface area (Å²) in [6, 6.07) is 20.6. The zero-order valence-corrected chi connectivity index (χ0v) is 15.5. The summed E-state index contributed by atoms with van der Waals surface area (Å²) in [6.07, 6.45) is 1.56. The summed E-state index contributed by atoms with van der Waals surface area (Å²) >= 11 is 3.34. The average Bonchev–Trinajstić information content (AvgIpc) is 3.16. The van der Waals surface area contributed by atoms with Gasteiger partial charge in [0.05, 0.1) is 16.5 Å². The predicted octanol–water partition coefficient (Wildman–Crippen LogP) is 5.01. The quantitative estimate of drug-likeness (QED) is 0.474. The lowest BCUT2D eigenvalue weighted by Gasteiger charge is -2.02. The van der Waals surface area contributed by atoms with E-state index in [0.29, 0.717) is 22.4 Å². The van der Waals surface area contributed by atoms with Crippen LogP contribution in [0.2, 0.25) is 0 Å². The minimum absolute atomic E-state index is 0.204. The van der Waals surface area contributed by atoms with Crippen LogP contribution < -0.4 is 5.56 Å². The second kappa shape index (κ2) is 7.06. The summed E-state index contributed by atoms with van der Waals surface area (Å²) < 4.78 is 6.59. The van der Waals surface area contributed by atoms with E-state index in [-0.39, 0.29) is 17.0 Å². The SMILES string of the molecule is N#C/C(=C\c1ccc(-c2ccccc2)o1)c1nc2ccc(Br)cc2c(=O)[nH]1. The monoisotopic (exact) mass is 417 g/mol. The summed E-state index contributed by atoms with van der Waals surface area (Å²) in [5, 5.41) is 10.00. The van der Waals surface area contributed by atoms with E-state index in [1.165, 1.54) is 0 Å². The molecule has 4 rings (SSSR count). The molecular formula is C21H12BrN3O2. The van der Waals surface area contributed by atoms with Crippen LogP contribution in [-0.2, 0) is 0 Å². The molecule has 0 spiro atoms. The zero-order valence-electron chi connectivity index (χ0n) is 13.9. The van der Waals surface area contributed by atoms with Gasteiger partial charge in [0.1, 0.15) is 17.6 Å². The Morgan fingerprint density at radius 2 is 1.96 bits per heavy atom. The molecule has 2 aromatic carbocycles. The molecule has 0 atom stereocenters. The zero-order chi connectivity index (χ0) is 18.8. The molecule has 0 aliphatic heterocycles. The van der Waals surface area contributed by atoms with Crippen molar-refractivity contribution in [2.24, 2.45) is 0 Å². The predicted molar refractivity (Wildman–Crippen MR) is 108 cm³/mol. The van der Waals surface area contributed by atoms with Crippen LogP contribution in [0.4, 0.5) is 0 Å². The van der Waals surface area contributed by atoms with Crippen molar-refractivity contribution in [2.45, 2.75) is 0 Å². The molecule has 4 aromatic rings. The number of H-pyrrole nitrogens is 1. The van der Waals surface area contributed by atoms with Crippen LogP contribution in [0.3, 0.4) is 0 Å². The number of aromatic nitrogens is 2. The molecule has 6 heteroatoms. The summed E-state index contributed by atoms with van der Waals surface area (Å²) in [4.78, 5) is 19.4. The van der Waals surface area contributed by atoms with E-state index in [1.54, 1.807) is 30.3 Å². The maximum absolute atomic E-state index is 12.3. The summed E-state index contributed by atoms with van der Waals surface area (Å²) in [5.41, 5.74) is 1.37. The first-order valence-corrected chi connectivity index (χ1v) is 8.90. The number of hydrogen-bond donors (Lipinski definition) is 1. The third kappa shape index (κ3) is 3.46. The van der Waals surface area contributed by atoms with Crippen molar-refractivity contribution in [1.29, 1.82) is 5.26 Å². The van der Waals surface area contributed by atoms with E-state index in [4.69, 9.17) is 4.42 Å². The fourth-order valence-electron chi connectivity index (χ4n) is 2.72. The van der Waals surface area contributed by atoms with Crippen LogP contribution in [-0.4, -0.2) is 9.97 Å². The number of nitrogens with one attached hydrogen (secondary N) is 1. The van der Waals surface area contributed by atoms with E-state index in [2.05, 4.69) is 32.0 Å². The Morgan fingerprint density at radius 1 is 1.15 bits per heavy atom. The van der Waals surface area contributed by atoms with Crippen molar-refractivity contribution in [3.63, 3.8) is 0 Å². The van der Waals surface area contributed by atoms with Gasteiger partial charge in [-0.2, -0.15) is 5.26 Å². The highest BCUT2D eigenvalue weighted by molar-refractivity contribution is 9.10. The van der Waals surface area contributed by atoms with E-state index >= 15 is 0 Å². The van der Waals surface area contributed by atoms with Crippen LogP contribution in [0.25, 0.3) is 33.9 Å². The van der Waals surface area contributed by atoms with Crippen molar-refractivity contribution in [3.05, 3.63) is 87.1 Å². The molecule has 130 valence electrons. The number of benzene rings is 2. The number of nitriles is 1. The molecule has 0 radical (unpaired) electrons. The van der Waals surface area contributed by atoms with Crippen molar-refractivity contribution < 1.29 is 4.42 Å². The minimum atomic E-state index is -0.304. The molecule has 5 nitrogen and oxygen atoms in total. The normalized spacial score (nSPS) is 11.5. The van der Waals surface area contributed by atoms with Crippen molar-refractivity contribution >= 4 is 38.5 Å². The second-order valence-corrected chi connectivity index (χ2v) is 6.73. The van der Waals surface area contributed by atoms with E-state index < -0.39 is 0 Å². The summed E-state index contributed by atoms with van der Waals surface area (Å²) in [5.74, 6) is 1.41. The fraction of sp³-hybridized carbons (Fsp3) is 0. The number of halogens is 1. The highest BCUT2D eigenvalue weighted by Crippen LogP contribution is 2.24. The molecule has 0 saturated heterocycles. The Balaban J connectivity index is 1.76. The topological polar surface area (TPSA) is 82.7 Å². The third-order valence-electron chi connectivity index (χ3n) is 4.01. The molecule has 0 saturated carbocycles. The standard InChI is InChI=1S/C21H12BrN3O2/c22-15-6-8-18-17(11-15)21(26)25-20(24-18)14(12-23)10-16-7-9-19(27-16)13-4-2-1-3-5-13/h1-11H,(H,24,25,26)/b14-10+. The largest absolute Gasteiger partial charge is 0.457 e. The number of furan rings is 1. The Bertz CT molecular complexity index is 1260. The van der Waals surface area contributed by atoms with Gasteiger partial charge in [-0.3, -0.25) is 4.79 Å². The highest BCUT2D eigenvalue weighted by Gasteiger charge is 2.10. The van der Waals surface area contributed by atoms with Crippen LogP contribution in [0, 0.1) is 11.3 Å². The molecule has 27 heavy (non-hydrogen) atoms. The van der Waals surface area contributed by atoms with Gasteiger partial charge in [-0.25, -0.2) is 4.98 Å². The number of fused-ring (bicyclic) bond motifs is 1. The van der Waals surface area contributed by atoms with Gasteiger partial charge in [0, 0.05) is 16.1 Å². The van der Waals surface area contributed by atoms with Gasteiger partial charge < -0.3 is 9.40 Å². The maximum atomic E-state index is 12.3. The Morgan fingerprint density at radius 3 is 2.74 bits per heavy atom. The van der Waals surface area contributed by atoms with Crippen LogP contribution in [0.15, 0.2) is 74.3 Å². The Hall–Kier alpha value is -3.43. The molecule has 1 N–H and O–H groups in total. The molecule has 2 heterocycles. The first-order valence-electron chi connectivity index (χ1n) is 8.11. The lowest BCUT2D eigenvalue weighted by atomic mass is 10.2. The minimum Gasteiger partial charge on any atom is -0.457 e.